The van der Waals surface area contributed by atoms with Crippen molar-refractivity contribution in [2.24, 2.45) is 29.6 Å². The molecule has 4 bridgehead atoms. The highest BCUT2D eigenvalue weighted by molar-refractivity contribution is 7.16. The summed E-state index contributed by atoms with van der Waals surface area (Å²) >= 11 is 1.49. The summed E-state index contributed by atoms with van der Waals surface area (Å²) in [6, 6.07) is 2.22. The van der Waals surface area contributed by atoms with Crippen molar-refractivity contribution in [3.05, 3.63) is 16.0 Å². The fourth-order valence-electron chi connectivity index (χ4n) is 6.32. The molecule has 6 rings (SSSR count). The number of carbonyl (C=O) groups is 2. The number of carbonyl (C=O) groups excluding carboxylic acids is 2. The van der Waals surface area contributed by atoms with Gasteiger partial charge in [0.1, 0.15) is 11.1 Å². The predicted molar refractivity (Wildman–Crippen MR) is 101 cm³/mol. The third-order valence-electron chi connectivity index (χ3n) is 7.13. The lowest BCUT2D eigenvalue weighted by molar-refractivity contribution is -0.164. The molecule has 4 fully saturated rings. The smallest absolute Gasteiger partial charge is 0.310 e. The number of hydrogen-bond acceptors (Lipinski definition) is 5. The van der Waals surface area contributed by atoms with E-state index in [9.17, 15) is 14.9 Å². The average Bonchev–Trinajstić information content (AvgIpc) is 3.19. The van der Waals surface area contributed by atoms with Gasteiger partial charge in [-0.05, 0) is 80.6 Å². The van der Waals surface area contributed by atoms with E-state index >= 15 is 0 Å². The van der Waals surface area contributed by atoms with Crippen LogP contribution in [0.5, 0.6) is 0 Å². The molecule has 142 valence electrons. The number of esters is 1. The van der Waals surface area contributed by atoms with Crippen molar-refractivity contribution >= 4 is 28.2 Å². The van der Waals surface area contributed by atoms with E-state index in [-0.39, 0.29) is 24.4 Å². The lowest BCUT2D eigenvalue weighted by Gasteiger charge is -2.53. The Morgan fingerprint density at radius 1 is 1.11 bits per heavy atom. The molecule has 1 aromatic rings. The predicted octanol–water partition coefficient (Wildman–Crippen LogP) is 3.66. The van der Waals surface area contributed by atoms with E-state index in [0.717, 1.165) is 62.3 Å². The van der Waals surface area contributed by atoms with Gasteiger partial charge < -0.3 is 10.1 Å². The van der Waals surface area contributed by atoms with Crippen LogP contribution in [0.3, 0.4) is 0 Å². The van der Waals surface area contributed by atoms with Crippen LogP contribution in [-0.4, -0.2) is 18.5 Å². The lowest BCUT2D eigenvalue weighted by Crippen LogP contribution is -2.48. The molecule has 1 heterocycles. The Hall–Kier alpha value is -1.87. The molecule has 1 amide bonds. The summed E-state index contributed by atoms with van der Waals surface area (Å²) < 4.78 is 5.42. The second-order valence-electron chi connectivity index (χ2n) is 8.79. The number of nitriles is 1. The first-order chi connectivity index (χ1) is 13.1. The number of rotatable bonds is 4. The summed E-state index contributed by atoms with van der Waals surface area (Å²) in [5.74, 6) is 2.00. The van der Waals surface area contributed by atoms with Crippen LogP contribution in [0.25, 0.3) is 0 Å². The number of thiophene rings is 1. The Labute approximate surface area is 163 Å². The van der Waals surface area contributed by atoms with Crippen LogP contribution in [0.4, 0.5) is 5.00 Å². The molecule has 0 saturated heterocycles. The fourth-order valence-corrected chi connectivity index (χ4v) is 7.57. The van der Waals surface area contributed by atoms with Crippen molar-refractivity contribution in [3.63, 3.8) is 0 Å². The summed E-state index contributed by atoms with van der Waals surface area (Å²) in [5, 5.41) is 12.8. The minimum absolute atomic E-state index is 0.00851. The van der Waals surface area contributed by atoms with Crippen LogP contribution in [0.1, 0.15) is 54.5 Å². The van der Waals surface area contributed by atoms with E-state index in [1.54, 1.807) is 0 Å². The second kappa shape index (κ2) is 6.63. The van der Waals surface area contributed by atoms with E-state index in [0.29, 0.717) is 22.4 Å². The maximum atomic E-state index is 12.7. The molecule has 0 spiro atoms. The van der Waals surface area contributed by atoms with Gasteiger partial charge in [-0.15, -0.1) is 11.3 Å². The number of nitrogens with one attached hydrogen (secondary N) is 1. The SMILES string of the molecule is N#Cc1c(NC(=O)COC(=O)C2C3CC4CC(C3)CC2C4)sc2c1CCC2. The molecule has 6 heteroatoms. The summed E-state index contributed by atoms with van der Waals surface area (Å²) in [4.78, 5) is 26.2. The van der Waals surface area contributed by atoms with Crippen LogP contribution >= 0.6 is 11.3 Å². The van der Waals surface area contributed by atoms with Crippen molar-refractivity contribution in [3.8, 4) is 6.07 Å². The molecule has 5 aliphatic rings. The van der Waals surface area contributed by atoms with E-state index < -0.39 is 0 Å². The van der Waals surface area contributed by atoms with Crippen LogP contribution in [0, 0.1) is 40.9 Å². The third-order valence-corrected chi connectivity index (χ3v) is 8.34. The van der Waals surface area contributed by atoms with Crippen molar-refractivity contribution < 1.29 is 14.3 Å². The number of fused-ring (bicyclic) bond motifs is 1. The van der Waals surface area contributed by atoms with Gasteiger partial charge in [-0.2, -0.15) is 5.26 Å². The number of nitrogens with zero attached hydrogens (tertiary/aromatic N) is 1. The Kier molecular flexibility index (Phi) is 4.23. The first-order valence-corrected chi connectivity index (χ1v) is 10.9. The van der Waals surface area contributed by atoms with Gasteiger partial charge in [-0.3, -0.25) is 9.59 Å². The van der Waals surface area contributed by atoms with Gasteiger partial charge in [0.15, 0.2) is 6.61 Å². The van der Waals surface area contributed by atoms with Crippen molar-refractivity contribution in [2.45, 2.75) is 51.4 Å². The van der Waals surface area contributed by atoms with Gasteiger partial charge in [0.25, 0.3) is 5.91 Å². The molecule has 0 aromatic carbocycles. The van der Waals surface area contributed by atoms with Gasteiger partial charge in [0, 0.05) is 4.88 Å². The van der Waals surface area contributed by atoms with E-state index in [1.807, 2.05) is 0 Å². The first kappa shape index (κ1) is 17.2. The molecule has 4 saturated carbocycles. The van der Waals surface area contributed by atoms with Crippen molar-refractivity contribution in [1.82, 2.24) is 0 Å². The van der Waals surface area contributed by atoms with Crippen LogP contribution in [0.2, 0.25) is 0 Å². The van der Waals surface area contributed by atoms with Crippen molar-refractivity contribution in [1.29, 1.82) is 5.26 Å². The molecule has 5 nitrogen and oxygen atoms in total. The number of anilines is 1. The van der Waals surface area contributed by atoms with Gasteiger partial charge in [-0.1, -0.05) is 0 Å². The molecular formula is C21H24N2O3S. The fraction of sp³-hybridized carbons (Fsp3) is 0.667. The largest absolute Gasteiger partial charge is 0.455 e. The minimum atomic E-state index is -0.344. The zero-order valence-corrected chi connectivity index (χ0v) is 16.1. The Balaban J connectivity index is 1.19. The second-order valence-corrected chi connectivity index (χ2v) is 9.89. The Bertz CT molecular complexity index is 809. The summed E-state index contributed by atoms with van der Waals surface area (Å²) in [6.45, 7) is -0.255. The number of hydrogen-bond donors (Lipinski definition) is 1. The average molecular weight is 385 g/mol. The van der Waals surface area contributed by atoms with E-state index in [4.69, 9.17) is 4.74 Å². The van der Waals surface area contributed by atoms with Crippen LogP contribution in [0.15, 0.2) is 0 Å². The maximum absolute atomic E-state index is 12.7. The molecule has 27 heavy (non-hydrogen) atoms. The number of amides is 1. The quantitative estimate of drug-likeness (QED) is 0.804. The highest BCUT2D eigenvalue weighted by atomic mass is 32.1. The Morgan fingerprint density at radius 3 is 2.48 bits per heavy atom. The lowest BCUT2D eigenvalue weighted by atomic mass is 9.52. The van der Waals surface area contributed by atoms with Crippen LogP contribution < -0.4 is 5.32 Å². The third kappa shape index (κ3) is 2.97. The maximum Gasteiger partial charge on any atom is 0.310 e. The zero-order valence-electron chi connectivity index (χ0n) is 15.3. The summed E-state index contributed by atoms with van der Waals surface area (Å²) in [7, 11) is 0. The monoisotopic (exact) mass is 384 g/mol. The highest BCUT2D eigenvalue weighted by Crippen LogP contribution is 2.56. The van der Waals surface area contributed by atoms with Gasteiger partial charge in [-0.25, -0.2) is 0 Å². The molecule has 1 N–H and O–H groups in total. The molecule has 5 aliphatic carbocycles. The minimum Gasteiger partial charge on any atom is -0.455 e. The van der Waals surface area contributed by atoms with E-state index in [2.05, 4.69) is 11.4 Å². The van der Waals surface area contributed by atoms with Gasteiger partial charge in [0.05, 0.1) is 11.5 Å². The number of aryl methyl sites for hydroxylation is 1. The summed E-state index contributed by atoms with van der Waals surface area (Å²) in [6.07, 6.45) is 8.95. The molecule has 0 unspecified atom stereocenters. The molecule has 0 atom stereocenters. The molecule has 0 aliphatic heterocycles. The zero-order chi connectivity index (χ0) is 18.5. The topological polar surface area (TPSA) is 79.2 Å². The van der Waals surface area contributed by atoms with Crippen molar-refractivity contribution in [2.75, 3.05) is 11.9 Å². The normalized spacial score (nSPS) is 32.8. The van der Waals surface area contributed by atoms with Gasteiger partial charge >= 0.3 is 5.97 Å². The summed E-state index contributed by atoms with van der Waals surface area (Å²) in [5.41, 5.74) is 1.68. The standard InChI is InChI=1S/C21H24N2O3S/c22-9-16-15-2-1-3-17(15)27-20(16)23-18(24)10-26-21(25)19-13-5-11-4-12(7-13)8-14(19)6-11/h11-14,19H,1-8,10H2,(H,23,24). The molecule has 1 aromatic heterocycles. The Morgan fingerprint density at radius 2 is 1.81 bits per heavy atom. The highest BCUT2D eigenvalue weighted by Gasteiger charge is 2.51. The number of ether oxygens (including phenoxy) is 1. The van der Waals surface area contributed by atoms with Crippen LogP contribution in [-0.2, 0) is 27.2 Å². The first-order valence-electron chi connectivity index (χ1n) is 10.1. The van der Waals surface area contributed by atoms with E-state index in [1.165, 1.54) is 22.6 Å². The van der Waals surface area contributed by atoms with Gasteiger partial charge in [0.2, 0.25) is 0 Å². The molecule has 0 radical (unpaired) electrons. The molecular weight excluding hydrogens is 360 g/mol.